The monoisotopic (exact) mass is 399 g/mol. The second-order valence-electron chi connectivity index (χ2n) is 6.64. The summed E-state index contributed by atoms with van der Waals surface area (Å²) in [4.78, 5) is 24.0. The molecule has 2 aromatic carbocycles. The molecular weight excluding hydrogens is 378 g/mol. The molecule has 0 unspecified atom stereocenters. The molecular formula is C22H22ClNO4. The molecule has 0 radical (unpaired) electrons. The lowest BCUT2D eigenvalue weighted by Gasteiger charge is -2.19. The van der Waals surface area contributed by atoms with E-state index in [9.17, 15) is 9.59 Å². The first-order valence-corrected chi connectivity index (χ1v) is 9.57. The van der Waals surface area contributed by atoms with Crippen LogP contribution in [0.4, 0.5) is 0 Å². The molecule has 1 aromatic heterocycles. The number of aryl methyl sites for hydroxylation is 1. The molecule has 28 heavy (non-hydrogen) atoms. The molecule has 1 heterocycles. The van der Waals surface area contributed by atoms with Crippen LogP contribution in [-0.2, 0) is 4.79 Å². The number of fused-ring (bicyclic) bond motifs is 1. The Kier molecular flexibility index (Phi) is 6.37. The second kappa shape index (κ2) is 8.93. The maximum absolute atomic E-state index is 12.4. The van der Waals surface area contributed by atoms with Crippen LogP contribution in [0, 0.1) is 6.92 Å². The Morgan fingerprint density at radius 3 is 2.68 bits per heavy atom. The molecule has 0 aliphatic rings. The first kappa shape index (κ1) is 20.0. The Morgan fingerprint density at radius 2 is 1.96 bits per heavy atom. The number of ether oxygens (including phenoxy) is 1. The molecule has 0 spiro atoms. The van der Waals surface area contributed by atoms with Gasteiger partial charge in [-0.05, 0) is 30.5 Å². The first-order valence-electron chi connectivity index (χ1n) is 9.19. The zero-order valence-corrected chi connectivity index (χ0v) is 16.6. The minimum Gasteiger partial charge on any atom is -0.482 e. The van der Waals surface area contributed by atoms with E-state index >= 15 is 0 Å². The van der Waals surface area contributed by atoms with Crippen molar-refractivity contribution in [3.05, 3.63) is 75.1 Å². The summed E-state index contributed by atoms with van der Waals surface area (Å²) in [6, 6.07) is 14.4. The van der Waals surface area contributed by atoms with E-state index in [1.165, 1.54) is 6.07 Å². The quantitative estimate of drug-likeness (QED) is 0.580. The maximum Gasteiger partial charge on any atom is 0.336 e. The van der Waals surface area contributed by atoms with Crippen LogP contribution in [0.15, 0.2) is 57.7 Å². The summed E-state index contributed by atoms with van der Waals surface area (Å²) in [5, 5.41) is 4.08. The molecule has 0 aliphatic carbocycles. The number of hydrogen-bond acceptors (Lipinski definition) is 4. The molecule has 0 saturated carbocycles. The molecule has 3 rings (SSSR count). The van der Waals surface area contributed by atoms with Gasteiger partial charge in [-0.1, -0.05) is 55.3 Å². The van der Waals surface area contributed by atoms with Crippen molar-refractivity contribution in [3.63, 3.8) is 0 Å². The summed E-state index contributed by atoms with van der Waals surface area (Å²) in [5.74, 6) is 0.0500. The van der Waals surface area contributed by atoms with Crippen molar-refractivity contribution in [1.29, 1.82) is 0 Å². The van der Waals surface area contributed by atoms with Crippen LogP contribution in [-0.4, -0.2) is 12.5 Å². The predicted octanol–water partition coefficient (Wildman–Crippen LogP) is 4.79. The van der Waals surface area contributed by atoms with E-state index < -0.39 is 5.63 Å². The van der Waals surface area contributed by atoms with Crippen molar-refractivity contribution < 1.29 is 13.9 Å². The van der Waals surface area contributed by atoms with Crippen LogP contribution in [0.3, 0.4) is 0 Å². The zero-order chi connectivity index (χ0) is 20.1. The van der Waals surface area contributed by atoms with E-state index in [0.29, 0.717) is 16.4 Å². The number of rotatable bonds is 7. The molecule has 0 aliphatic heterocycles. The van der Waals surface area contributed by atoms with Crippen LogP contribution < -0.4 is 15.7 Å². The highest BCUT2D eigenvalue weighted by molar-refractivity contribution is 6.32. The van der Waals surface area contributed by atoms with Crippen LogP contribution in [0.25, 0.3) is 11.0 Å². The Bertz CT molecular complexity index is 1030. The third-order valence-corrected chi connectivity index (χ3v) is 4.77. The molecule has 5 nitrogen and oxygen atoms in total. The van der Waals surface area contributed by atoms with Crippen molar-refractivity contribution in [2.24, 2.45) is 0 Å². The number of amides is 1. The van der Waals surface area contributed by atoms with E-state index in [4.69, 9.17) is 20.8 Å². The minimum absolute atomic E-state index is 0.0740. The van der Waals surface area contributed by atoms with Crippen LogP contribution in [0.1, 0.15) is 36.9 Å². The summed E-state index contributed by atoms with van der Waals surface area (Å²) < 4.78 is 10.8. The van der Waals surface area contributed by atoms with Gasteiger partial charge in [0.25, 0.3) is 5.91 Å². The summed E-state index contributed by atoms with van der Waals surface area (Å²) in [6.07, 6.45) is 1.77. The van der Waals surface area contributed by atoms with Crippen LogP contribution >= 0.6 is 11.6 Å². The molecule has 146 valence electrons. The summed E-state index contributed by atoms with van der Waals surface area (Å²) in [7, 11) is 0. The zero-order valence-electron chi connectivity index (χ0n) is 15.8. The van der Waals surface area contributed by atoms with E-state index in [-0.39, 0.29) is 18.6 Å². The highest BCUT2D eigenvalue weighted by Crippen LogP contribution is 2.31. The normalized spacial score (nSPS) is 12.0. The fourth-order valence-corrected chi connectivity index (χ4v) is 3.32. The summed E-state index contributed by atoms with van der Waals surface area (Å²) >= 11 is 6.27. The fourth-order valence-electron chi connectivity index (χ4n) is 3.11. The molecule has 0 bridgehead atoms. The predicted molar refractivity (Wildman–Crippen MR) is 110 cm³/mol. The fraction of sp³-hybridized carbons (Fsp3) is 0.273. The SMILES string of the molecule is CCC[C@@H](NC(=O)COc1cc2oc(=O)cc(C)c2cc1Cl)c1ccccc1. The Labute approximate surface area is 168 Å². The molecule has 6 heteroatoms. The first-order chi connectivity index (χ1) is 13.5. The van der Waals surface area contributed by atoms with Crippen LogP contribution in [0.2, 0.25) is 5.02 Å². The largest absolute Gasteiger partial charge is 0.482 e. The van der Waals surface area contributed by atoms with Crippen LogP contribution in [0.5, 0.6) is 5.75 Å². The van der Waals surface area contributed by atoms with Gasteiger partial charge in [0.1, 0.15) is 11.3 Å². The number of halogens is 1. The lowest BCUT2D eigenvalue weighted by molar-refractivity contribution is -0.123. The van der Waals surface area contributed by atoms with Crippen molar-refractivity contribution in [1.82, 2.24) is 5.32 Å². The average Bonchev–Trinajstić information content (AvgIpc) is 2.67. The molecule has 0 fully saturated rings. The Hall–Kier alpha value is -2.79. The van der Waals surface area contributed by atoms with Crippen molar-refractivity contribution in [3.8, 4) is 5.75 Å². The highest BCUT2D eigenvalue weighted by Gasteiger charge is 2.15. The van der Waals surface area contributed by atoms with E-state index in [1.807, 2.05) is 30.3 Å². The second-order valence-corrected chi connectivity index (χ2v) is 7.04. The molecule has 1 atom stereocenters. The number of carbonyl (C=O) groups is 1. The topological polar surface area (TPSA) is 68.5 Å². The molecule has 1 N–H and O–H groups in total. The van der Waals surface area contributed by atoms with Gasteiger partial charge in [-0.25, -0.2) is 4.79 Å². The average molecular weight is 400 g/mol. The third-order valence-electron chi connectivity index (χ3n) is 4.48. The standard InChI is InChI=1S/C22H22ClNO4/c1-3-7-18(15-8-5-4-6-9-15)24-21(25)13-27-20-12-19-16(11-17(20)23)14(2)10-22(26)28-19/h4-6,8-12,18H,3,7,13H2,1-2H3,(H,24,25)/t18-/m1/s1. The van der Waals surface area contributed by atoms with E-state index in [1.54, 1.807) is 19.1 Å². The Balaban J connectivity index is 1.71. The lowest BCUT2D eigenvalue weighted by Crippen LogP contribution is -2.32. The smallest absolute Gasteiger partial charge is 0.336 e. The molecule has 3 aromatic rings. The van der Waals surface area contributed by atoms with Crippen molar-refractivity contribution >= 4 is 28.5 Å². The Morgan fingerprint density at radius 1 is 1.21 bits per heavy atom. The minimum atomic E-state index is -0.443. The van der Waals surface area contributed by atoms with E-state index in [0.717, 1.165) is 29.4 Å². The molecule has 1 amide bonds. The van der Waals surface area contributed by atoms with Gasteiger partial charge < -0.3 is 14.5 Å². The van der Waals surface area contributed by atoms with Gasteiger partial charge in [-0.2, -0.15) is 0 Å². The molecule has 0 saturated heterocycles. The third kappa shape index (κ3) is 4.73. The summed E-state index contributed by atoms with van der Waals surface area (Å²) in [6.45, 7) is 3.69. The van der Waals surface area contributed by atoms with E-state index in [2.05, 4.69) is 12.2 Å². The number of nitrogens with one attached hydrogen (secondary N) is 1. The number of carbonyl (C=O) groups excluding carboxylic acids is 1. The summed E-state index contributed by atoms with van der Waals surface area (Å²) in [5.41, 5.74) is 1.75. The number of hydrogen-bond donors (Lipinski definition) is 1. The van der Waals surface area contributed by atoms with Gasteiger partial charge >= 0.3 is 5.63 Å². The highest BCUT2D eigenvalue weighted by atomic mass is 35.5. The van der Waals surface area contributed by atoms with Gasteiger partial charge in [0, 0.05) is 17.5 Å². The van der Waals surface area contributed by atoms with Gasteiger partial charge in [0.2, 0.25) is 0 Å². The van der Waals surface area contributed by atoms with Gasteiger partial charge in [0.15, 0.2) is 6.61 Å². The van der Waals surface area contributed by atoms with Crippen molar-refractivity contribution in [2.45, 2.75) is 32.7 Å². The number of benzene rings is 2. The van der Waals surface area contributed by atoms with Gasteiger partial charge in [0.05, 0.1) is 11.1 Å². The maximum atomic E-state index is 12.4. The van der Waals surface area contributed by atoms with Gasteiger partial charge in [-0.3, -0.25) is 4.79 Å². The van der Waals surface area contributed by atoms with Gasteiger partial charge in [-0.15, -0.1) is 0 Å². The van der Waals surface area contributed by atoms with Crippen molar-refractivity contribution in [2.75, 3.05) is 6.61 Å². The lowest BCUT2D eigenvalue weighted by atomic mass is 10.0.